The minimum atomic E-state index is -0.108. The zero-order valence-corrected chi connectivity index (χ0v) is 15.6. The fourth-order valence-corrected chi connectivity index (χ4v) is 3.44. The van der Waals surface area contributed by atoms with Crippen LogP contribution >= 0.6 is 11.6 Å². The Morgan fingerprint density at radius 2 is 1.93 bits per heavy atom. The Hall–Kier alpha value is -2.86. The summed E-state index contributed by atoms with van der Waals surface area (Å²) in [7, 11) is 0. The van der Waals surface area contributed by atoms with Gasteiger partial charge in [-0.05, 0) is 29.7 Å². The molecule has 4 rings (SSSR count). The first-order valence-electron chi connectivity index (χ1n) is 8.97. The van der Waals surface area contributed by atoms with Crippen LogP contribution in [0.3, 0.4) is 0 Å². The molecule has 0 saturated carbocycles. The second-order valence-corrected chi connectivity index (χ2v) is 6.95. The Labute approximate surface area is 162 Å². The highest BCUT2D eigenvalue weighted by Crippen LogP contribution is 2.38. The number of amides is 1. The number of hydrogen-bond acceptors (Lipinski definition) is 4. The first-order chi connectivity index (χ1) is 13.1. The number of carbonyl (C=O) groups is 1. The van der Waals surface area contributed by atoms with Gasteiger partial charge >= 0.3 is 0 Å². The van der Waals surface area contributed by atoms with E-state index in [9.17, 15) is 4.79 Å². The summed E-state index contributed by atoms with van der Waals surface area (Å²) in [4.78, 5) is 16.2. The Kier molecular flexibility index (Phi) is 4.81. The van der Waals surface area contributed by atoms with Crippen LogP contribution < -0.4 is 10.6 Å². The molecule has 1 amide bonds. The molecule has 27 heavy (non-hydrogen) atoms. The summed E-state index contributed by atoms with van der Waals surface area (Å²) < 4.78 is 1.85. The van der Waals surface area contributed by atoms with Crippen LogP contribution in [0.25, 0.3) is 0 Å². The van der Waals surface area contributed by atoms with Gasteiger partial charge in [0.25, 0.3) is 5.95 Å². The lowest BCUT2D eigenvalue weighted by Gasteiger charge is -2.31. The van der Waals surface area contributed by atoms with Crippen molar-refractivity contribution in [2.75, 3.05) is 10.6 Å². The van der Waals surface area contributed by atoms with Gasteiger partial charge in [0.1, 0.15) is 0 Å². The molecule has 0 fully saturated rings. The van der Waals surface area contributed by atoms with Crippen molar-refractivity contribution in [1.29, 1.82) is 0 Å². The number of nitrogens with one attached hydrogen (secondary N) is 2. The average Bonchev–Trinajstić information content (AvgIpc) is 3.10. The number of nitrogens with zero attached hydrogens (tertiary/aromatic N) is 3. The number of fused-ring (bicyclic) bond motifs is 1. The molecule has 2 aromatic carbocycles. The highest BCUT2D eigenvalue weighted by molar-refractivity contribution is 6.30. The standard InChI is InChI=1S/C20H20ClN5O/c1-2-18(27)23-19-24-20-22-16(13-8-10-15(21)11-9-13)12-17(26(20)25-19)14-6-4-3-5-7-14/h3-11,16-17H,2,12H2,1H3,(H2,22,23,24,25,27)/t16-,17-/m1/s1. The molecule has 0 bridgehead atoms. The van der Waals surface area contributed by atoms with Gasteiger partial charge in [0.15, 0.2) is 0 Å². The van der Waals surface area contributed by atoms with Gasteiger partial charge < -0.3 is 5.32 Å². The monoisotopic (exact) mass is 381 g/mol. The fraction of sp³-hybridized carbons (Fsp3) is 0.250. The van der Waals surface area contributed by atoms with Crippen molar-refractivity contribution >= 4 is 29.4 Å². The third kappa shape index (κ3) is 3.66. The maximum atomic E-state index is 11.7. The second-order valence-electron chi connectivity index (χ2n) is 6.52. The van der Waals surface area contributed by atoms with Gasteiger partial charge in [0.2, 0.25) is 11.9 Å². The molecule has 0 aliphatic carbocycles. The smallest absolute Gasteiger partial charge is 0.250 e. The highest BCUT2D eigenvalue weighted by atomic mass is 35.5. The molecule has 0 spiro atoms. The van der Waals surface area contributed by atoms with Crippen LogP contribution in [0.1, 0.15) is 43.0 Å². The van der Waals surface area contributed by atoms with Crippen LogP contribution in [-0.4, -0.2) is 20.7 Å². The van der Waals surface area contributed by atoms with E-state index in [4.69, 9.17) is 11.6 Å². The van der Waals surface area contributed by atoms with Crippen molar-refractivity contribution < 1.29 is 4.79 Å². The van der Waals surface area contributed by atoms with E-state index >= 15 is 0 Å². The van der Waals surface area contributed by atoms with E-state index in [0.717, 1.165) is 17.5 Å². The minimum Gasteiger partial charge on any atom is -0.347 e. The van der Waals surface area contributed by atoms with Crippen molar-refractivity contribution in [3.63, 3.8) is 0 Å². The van der Waals surface area contributed by atoms with Crippen LogP contribution in [0.4, 0.5) is 11.9 Å². The van der Waals surface area contributed by atoms with Gasteiger partial charge in [0.05, 0.1) is 12.1 Å². The van der Waals surface area contributed by atoms with E-state index in [1.165, 1.54) is 0 Å². The number of hydrogen-bond donors (Lipinski definition) is 2. The summed E-state index contributed by atoms with van der Waals surface area (Å²) in [5.74, 6) is 0.854. The molecule has 0 unspecified atom stereocenters. The van der Waals surface area contributed by atoms with Gasteiger partial charge in [-0.15, -0.1) is 5.10 Å². The molecule has 7 heteroatoms. The predicted octanol–water partition coefficient (Wildman–Crippen LogP) is 4.43. The van der Waals surface area contributed by atoms with E-state index in [-0.39, 0.29) is 18.0 Å². The lowest BCUT2D eigenvalue weighted by atomic mass is 9.93. The van der Waals surface area contributed by atoms with E-state index in [1.54, 1.807) is 6.92 Å². The number of halogens is 1. The number of anilines is 2. The lowest BCUT2D eigenvalue weighted by Crippen LogP contribution is -2.28. The maximum absolute atomic E-state index is 11.7. The Bertz CT molecular complexity index is 939. The Morgan fingerprint density at radius 1 is 1.19 bits per heavy atom. The van der Waals surface area contributed by atoms with Crippen LogP contribution in [0.15, 0.2) is 54.6 Å². The van der Waals surface area contributed by atoms with Gasteiger partial charge in [-0.1, -0.05) is 61.0 Å². The van der Waals surface area contributed by atoms with Crippen molar-refractivity contribution in [3.8, 4) is 0 Å². The molecule has 1 aliphatic rings. The molecule has 2 heterocycles. The largest absolute Gasteiger partial charge is 0.347 e. The number of benzene rings is 2. The number of rotatable bonds is 4. The van der Waals surface area contributed by atoms with Crippen LogP contribution in [0, 0.1) is 0 Å². The van der Waals surface area contributed by atoms with Crippen LogP contribution in [-0.2, 0) is 4.79 Å². The normalized spacial score (nSPS) is 18.4. The molecule has 3 aromatic rings. The average molecular weight is 382 g/mol. The summed E-state index contributed by atoms with van der Waals surface area (Å²) in [6, 6.07) is 18.1. The molecular weight excluding hydrogens is 362 g/mol. The number of aromatic nitrogens is 3. The maximum Gasteiger partial charge on any atom is 0.250 e. The molecule has 0 radical (unpaired) electrons. The number of carbonyl (C=O) groups excluding carboxylic acids is 1. The molecule has 2 N–H and O–H groups in total. The van der Waals surface area contributed by atoms with Gasteiger partial charge in [-0.2, -0.15) is 4.98 Å². The highest BCUT2D eigenvalue weighted by Gasteiger charge is 2.31. The topological polar surface area (TPSA) is 71.8 Å². The molecule has 2 atom stereocenters. The first kappa shape index (κ1) is 17.5. The molecular formula is C20H20ClN5O. The van der Waals surface area contributed by atoms with Crippen LogP contribution in [0.2, 0.25) is 5.02 Å². The molecule has 1 aromatic heterocycles. The third-order valence-electron chi connectivity index (χ3n) is 4.72. The van der Waals surface area contributed by atoms with Crippen LogP contribution in [0.5, 0.6) is 0 Å². The van der Waals surface area contributed by atoms with E-state index < -0.39 is 0 Å². The van der Waals surface area contributed by atoms with Crippen molar-refractivity contribution in [2.45, 2.75) is 31.8 Å². The fourth-order valence-electron chi connectivity index (χ4n) is 3.31. The summed E-state index contributed by atoms with van der Waals surface area (Å²) in [6.45, 7) is 1.80. The van der Waals surface area contributed by atoms with Crippen molar-refractivity contribution in [1.82, 2.24) is 14.8 Å². The zero-order chi connectivity index (χ0) is 18.8. The molecule has 138 valence electrons. The van der Waals surface area contributed by atoms with E-state index in [0.29, 0.717) is 23.3 Å². The quantitative estimate of drug-likeness (QED) is 0.701. The van der Waals surface area contributed by atoms with Crippen molar-refractivity contribution in [3.05, 3.63) is 70.7 Å². The minimum absolute atomic E-state index is 0.0166. The summed E-state index contributed by atoms with van der Waals surface area (Å²) in [6.07, 6.45) is 1.19. The van der Waals surface area contributed by atoms with Gasteiger partial charge in [-0.25, -0.2) is 4.68 Å². The Balaban J connectivity index is 1.71. The predicted molar refractivity (Wildman–Crippen MR) is 106 cm³/mol. The zero-order valence-electron chi connectivity index (χ0n) is 14.9. The van der Waals surface area contributed by atoms with Gasteiger partial charge in [0, 0.05) is 11.4 Å². The van der Waals surface area contributed by atoms with E-state index in [2.05, 4.69) is 32.8 Å². The second kappa shape index (κ2) is 7.40. The van der Waals surface area contributed by atoms with Gasteiger partial charge in [-0.3, -0.25) is 10.1 Å². The third-order valence-corrected chi connectivity index (χ3v) is 4.97. The van der Waals surface area contributed by atoms with E-state index in [1.807, 2.05) is 47.1 Å². The van der Waals surface area contributed by atoms with Crippen molar-refractivity contribution in [2.24, 2.45) is 0 Å². The molecule has 0 saturated heterocycles. The lowest BCUT2D eigenvalue weighted by molar-refractivity contribution is -0.115. The first-order valence-corrected chi connectivity index (χ1v) is 9.35. The summed E-state index contributed by atoms with van der Waals surface area (Å²) >= 11 is 6.03. The molecule has 1 aliphatic heterocycles. The SMILES string of the molecule is CCC(=O)Nc1nc2n(n1)[C@@H](c1ccccc1)C[C@H](c1ccc(Cl)cc1)N2. The molecule has 6 nitrogen and oxygen atoms in total. The summed E-state index contributed by atoms with van der Waals surface area (Å²) in [5, 5.41) is 11.4. The Morgan fingerprint density at radius 3 is 2.63 bits per heavy atom. The summed E-state index contributed by atoms with van der Waals surface area (Å²) in [5.41, 5.74) is 2.28.